The number of nitrogens with two attached hydrogens (primary N) is 1. The van der Waals surface area contributed by atoms with E-state index in [0.717, 1.165) is 22.6 Å². The molecule has 166 valence electrons. The highest BCUT2D eigenvalue weighted by Crippen LogP contribution is 2.30. The van der Waals surface area contributed by atoms with Crippen LogP contribution in [0.15, 0.2) is 55.2 Å². The number of aryl methyl sites for hydroxylation is 1. The summed E-state index contributed by atoms with van der Waals surface area (Å²) < 4.78 is 1.96. The third-order valence-corrected chi connectivity index (χ3v) is 5.24. The van der Waals surface area contributed by atoms with Crippen LogP contribution in [-0.2, 0) is 6.54 Å². The Labute approximate surface area is 188 Å². The van der Waals surface area contributed by atoms with E-state index in [9.17, 15) is 4.79 Å². The van der Waals surface area contributed by atoms with Crippen LogP contribution in [0.3, 0.4) is 0 Å². The second-order valence-corrected chi connectivity index (χ2v) is 7.74. The topological polar surface area (TPSA) is 145 Å². The lowest BCUT2D eigenvalue weighted by atomic mass is 10.1. The molecule has 0 fully saturated rings. The molecule has 0 radical (unpaired) electrons. The van der Waals surface area contributed by atoms with Crippen molar-refractivity contribution in [2.75, 3.05) is 5.73 Å². The Balaban J connectivity index is 1.55. The van der Waals surface area contributed by atoms with Crippen molar-refractivity contribution < 1.29 is 4.79 Å². The minimum Gasteiger partial charge on any atom is -0.382 e. The number of aromatic nitrogens is 8. The molecule has 1 atom stereocenters. The summed E-state index contributed by atoms with van der Waals surface area (Å²) in [7, 11) is 0. The zero-order valence-electron chi connectivity index (χ0n) is 18.1. The van der Waals surface area contributed by atoms with Crippen molar-refractivity contribution in [3.63, 3.8) is 0 Å². The quantitative estimate of drug-likeness (QED) is 0.365. The highest BCUT2D eigenvalue weighted by Gasteiger charge is 2.22. The molecule has 5 rings (SSSR count). The van der Waals surface area contributed by atoms with Gasteiger partial charge in [0.2, 0.25) is 0 Å². The highest BCUT2D eigenvalue weighted by molar-refractivity contribution is 5.98. The summed E-state index contributed by atoms with van der Waals surface area (Å²) in [6.45, 7) is 4.24. The number of aromatic amines is 1. The van der Waals surface area contributed by atoms with Crippen molar-refractivity contribution in [3.05, 3.63) is 66.6 Å². The van der Waals surface area contributed by atoms with E-state index in [1.54, 1.807) is 24.8 Å². The van der Waals surface area contributed by atoms with Gasteiger partial charge in [0.25, 0.3) is 5.91 Å². The molecule has 0 saturated heterocycles. The van der Waals surface area contributed by atoms with E-state index in [4.69, 9.17) is 5.73 Å². The molecule has 5 heterocycles. The summed E-state index contributed by atoms with van der Waals surface area (Å²) >= 11 is 0. The number of nitrogens with one attached hydrogen (secondary N) is 2. The SMILES string of the molecule is Cc1cnc2ccc(-c3nc(C(=O)N[C@@H](C)Cn4nccn4)c(N)nc3-c3ccc[nH]3)cn12. The van der Waals surface area contributed by atoms with Crippen LogP contribution in [-0.4, -0.2) is 51.3 Å². The summed E-state index contributed by atoms with van der Waals surface area (Å²) in [6.07, 6.45) is 8.70. The fourth-order valence-electron chi connectivity index (χ4n) is 3.64. The van der Waals surface area contributed by atoms with E-state index in [2.05, 4.69) is 35.5 Å². The van der Waals surface area contributed by atoms with Crippen molar-refractivity contribution >= 4 is 17.4 Å². The molecule has 1 amide bonds. The van der Waals surface area contributed by atoms with Gasteiger partial charge in [-0.3, -0.25) is 4.79 Å². The summed E-state index contributed by atoms with van der Waals surface area (Å²) in [5, 5.41) is 11.0. The molecule has 0 unspecified atom stereocenters. The average Bonchev–Trinajstić information content (AvgIpc) is 3.56. The van der Waals surface area contributed by atoms with Crippen LogP contribution in [0.5, 0.6) is 0 Å². The largest absolute Gasteiger partial charge is 0.382 e. The number of hydrogen-bond donors (Lipinski definition) is 3. The number of amides is 1. The number of rotatable bonds is 6. The summed E-state index contributed by atoms with van der Waals surface area (Å²) in [4.78, 5) is 31.3. The molecule has 0 saturated carbocycles. The van der Waals surface area contributed by atoms with Crippen molar-refractivity contribution in [2.45, 2.75) is 26.4 Å². The van der Waals surface area contributed by atoms with Gasteiger partial charge < -0.3 is 20.4 Å². The third-order valence-electron chi connectivity index (χ3n) is 5.24. The van der Waals surface area contributed by atoms with Gasteiger partial charge in [0, 0.05) is 35.9 Å². The highest BCUT2D eigenvalue weighted by atomic mass is 16.2. The molecule has 0 aliphatic carbocycles. The minimum absolute atomic E-state index is 0.0464. The Morgan fingerprint density at radius 3 is 2.76 bits per heavy atom. The monoisotopic (exact) mass is 442 g/mol. The van der Waals surface area contributed by atoms with Crippen molar-refractivity contribution in [1.82, 2.24) is 44.6 Å². The number of hydrogen-bond acceptors (Lipinski definition) is 7. The first-order valence-corrected chi connectivity index (χ1v) is 10.4. The fraction of sp³-hybridized carbons (Fsp3) is 0.182. The Kier molecular flexibility index (Phi) is 5.05. The molecule has 0 aliphatic rings. The number of fused-ring (bicyclic) bond motifs is 1. The summed E-state index contributed by atoms with van der Waals surface area (Å²) in [6, 6.07) is 7.31. The first kappa shape index (κ1) is 20.4. The van der Waals surface area contributed by atoms with Crippen molar-refractivity contribution in [2.24, 2.45) is 0 Å². The maximum absolute atomic E-state index is 13.0. The number of carbonyl (C=O) groups is 1. The molecule has 0 bridgehead atoms. The number of carbonyl (C=O) groups excluding carboxylic acids is 1. The molecular formula is C22H22N10O. The van der Waals surface area contributed by atoms with Crippen LogP contribution in [0.25, 0.3) is 28.3 Å². The van der Waals surface area contributed by atoms with Gasteiger partial charge in [-0.2, -0.15) is 15.0 Å². The molecule has 0 spiro atoms. The first-order chi connectivity index (χ1) is 16.0. The first-order valence-electron chi connectivity index (χ1n) is 10.4. The number of anilines is 1. The predicted molar refractivity (Wildman–Crippen MR) is 122 cm³/mol. The van der Waals surface area contributed by atoms with E-state index in [1.165, 1.54) is 4.80 Å². The molecule has 0 aliphatic heterocycles. The van der Waals surface area contributed by atoms with E-state index in [1.807, 2.05) is 48.7 Å². The Morgan fingerprint density at radius 2 is 2.00 bits per heavy atom. The Hall–Kier alpha value is -4.54. The molecule has 4 N–H and O–H groups in total. The molecule has 11 heteroatoms. The summed E-state index contributed by atoms with van der Waals surface area (Å²) in [5.41, 5.74) is 10.7. The van der Waals surface area contributed by atoms with Gasteiger partial charge in [-0.05, 0) is 38.1 Å². The zero-order chi connectivity index (χ0) is 22.9. The van der Waals surface area contributed by atoms with Gasteiger partial charge >= 0.3 is 0 Å². The standard InChI is InChI=1S/C22H22N10O/c1-13(11-32-26-8-9-27-32)28-22(33)20-21(23)30-19(16-4-3-7-24-16)18(29-20)15-5-6-17-25-10-14(2)31(17)12-15/h3-10,12-13,24H,11H2,1-2H3,(H2,23,30)(H,28,33)/t13-/m0/s1. The summed E-state index contributed by atoms with van der Waals surface area (Å²) in [5.74, 6) is -0.371. The van der Waals surface area contributed by atoms with Gasteiger partial charge in [0.1, 0.15) is 17.0 Å². The van der Waals surface area contributed by atoms with Crippen LogP contribution < -0.4 is 11.1 Å². The van der Waals surface area contributed by atoms with Crippen LogP contribution in [0.1, 0.15) is 23.1 Å². The fourth-order valence-corrected chi connectivity index (χ4v) is 3.64. The number of nitrogens with zero attached hydrogens (tertiary/aromatic N) is 7. The second kappa shape index (κ2) is 8.19. The minimum atomic E-state index is -0.418. The molecule has 33 heavy (non-hydrogen) atoms. The smallest absolute Gasteiger partial charge is 0.274 e. The normalized spacial score (nSPS) is 12.2. The maximum atomic E-state index is 13.0. The van der Waals surface area contributed by atoms with E-state index >= 15 is 0 Å². The molecule has 11 nitrogen and oxygen atoms in total. The van der Waals surface area contributed by atoms with Crippen LogP contribution >= 0.6 is 0 Å². The Bertz CT molecular complexity index is 1420. The average molecular weight is 442 g/mol. The lowest BCUT2D eigenvalue weighted by Crippen LogP contribution is -2.37. The van der Waals surface area contributed by atoms with Gasteiger partial charge in [-0.1, -0.05) is 0 Å². The lowest BCUT2D eigenvalue weighted by Gasteiger charge is -2.15. The van der Waals surface area contributed by atoms with Crippen molar-refractivity contribution in [1.29, 1.82) is 0 Å². The lowest BCUT2D eigenvalue weighted by molar-refractivity contribution is 0.0931. The third kappa shape index (κ3) is 3.91. The van der Waals surface area contributed by atoms with E-state index in [0.29, 0.717) is 17.9 Å². The maximum Gasteiger partial charge on any atom is 0.274 e. The van der Waals surface area contributed by atoms with Crippen molar-refractivity contribution in [3.8, 4) is 22.6 Å². The van der Waals surface area contributed by atoms with E-state index in [-0.39, 0.29) is 17.6 Å². The second-order valence-electron chi connectivity index (χ2n) is 7.74. The number of imidazole rings is 1. The Morgan fingerprint density at radius 1 is 1.18 bits per heavy atom. The molecule has 0 aromatic carbocycles. The predicted octanol–water partition coefficient (Wildman–Crippen LogP) is 2.09. The zero-order valence-corrected chi connectivity index (χ0v) is 18.1. The van der Waals surface area contributed by atoms with E-state index < -0.39 is 5.91 Å². The molecule has 5 aromatic heterocycles. The number of pyridine rings is 1. The molecule has 5 aromatic rings. The van der Waals surface area contributed by atoms with Crippen LogP contribution in [0.4, 0.5) is 5.82 Å². The van der Waals surface area contributed by atoms with Gasteiger partial charge in [-0.15, -0.1) is 0 Å². The van der Waals surface area contributed by atoms with Gasteiger partial charge in [0.05, 0.1) is 24.6 Å². The van der Waals surface area contributed by atoms with Crippen LogP contribution in [0.2, 0.25) is 0 Å². The van der Waals surface area contributed by atoms with Gasteiger partial charge in [-0.25, -0.2) is 15.0 Å². The van der Waals surface area contributed by atoms with Gasteiger partial charge in [0.15, 0.2) is 11.5 Å². The molecular weight excluding hydrogens is 420 g/mol. The number of nitrogen functional groups attached to an aromatic ring is 1. The number of H-pyrrole nitrogens is 1. The van der Waals surface area contributed by atoms with Crippen LogP contribution in [0, 0.1) is 6.92 Å².